The van der Waals surface area contributed by atoms with Gasteiger partial charge >= 0.3 is 5.97 Å². The summed E-state index contributed by atoms with van der Waals surface area (Å²) in [7, 11) is 0. The van der Waals surface area contributed by atoms with E-state index in [2.05, 4.69) is 4.98 Å². The Labute approximate surface area is 108 Å². The van der Waals surface area contributed by atoms with E-state index in [-0.39, 0.29) is 5.75 Å². The van der Waals surface area contributed by atoms with Gasteiger partial charge in [0.1, 0.15) is 5.75 Å². The second kappa shape index (κ2) is 5.17. The van der Waals surface area contributed by atoms with Gasteiger partial charge in [0.2, 0.25) is 0 Å². The molecular formula is C12H7Cl2NO2. The van der Waals surface area contributed by atoms with Crippen LogP contribution in [-0.2, 0) is 0 Å². The molecule has 0 aliphatic rings. The Balaban J connectivity index is 2.19. The molecule has 0 atom stereocenters. The van der Waals surface area contributed by atoms with E-state index in [0.29, 0.717) is 15.6 Å². The first kappa shape index (κ1) is 11.9. The Morgan fingerprint density at radius 1 is 1.12 bits per heavy atom. The topological polar surface area (TPSA) is 39.2 Å². The smallest absolute Gasteiger partial charge is 0.343 e. The third-order valence-electron chi connectivity index (χ3n) is 2.01. The molecule has 1 aromatic heterocycles. The summed E-state index contributed by atoms with van der Waals surface area (Å²) in [6.45, 7) is 0. The number of hydrogen-bond acceptors (Lipinski definition) is 3. The third-order valence-corrected chi connectivity index (χ3v) is 2.54. The van der Waals surface area contributed by atoms with Crippen molar-refractivity contribution < 1.29 is 9.53 Å². The molecule has 1 aromatic carbocycles. The Morgan fingerprint density at radius 3 is 2.47 bits per heavy atom. The van der Waals surface area contributed by atoms with Crippen molar-refractivity contribution in [1.29, 1.82) is 0 Å². The van der Waals surface area contributed by atoms with Crippen LogP contribution >= 0.6 is 23.2 Å². The van der Waals surface area contributed by atoms with Gasteiger partial charge in [-0.05, 0) is 30.3 Å². The minimum Gasteiger partial charge on any atom is -0.421 e. The molecule has 2 rings (SSSR count). The van der Waals surface area contributed by atoms with Crippen molar-refractivity contribution in [2.24, 2.45) is 0 Å². The van der Waals surface area contributed by atoms with Crippen LogP contribution in [-0.4, -0.2) is 11.0 Å². The summed E-state index contributed by atoms with van der Waals surface area (Å²) < 4.78 is 5.13. The van der Waals surface area contributed by atoms with Crippen LogP contribution in [0.5, 0.6) is 5.75 Å². The normalized spacial score (nSPS) is 10.0. The van der Waals surface area contributed by atoms with E-state index < -0.39 is 5.97 Å². The number of carbonyl (C=O) groups is 1. The van der Waals surface area contributed by atoms with Crippen molar-refractivity contribution in [3.63, 3.8) is 0 Å². The Morgan fingerprint density at radius 2 is 1.82 bits per heavy atom. The molecule has 3 nitrogen and oxygen atoms in total. The first-order valence-electron chi connectivity index (χ1n) is 4.74. The van der Waals surface area contributed by atoms with Gasteiger partial charge in [-0.25, -0.2) is 4.79 Å². The van der Waals surface area contributed by atoms with Crippen molar-refractivity contribution in [3.8, 4) is 5.75 Å². The Bertz CT molecular complexity index is 543. The maximum absolute atomic E-state index is 11.7. The molecule has 1 heterocycles. The van der Waals surface area contributed by atoms with Crippen LogP contribution in [0, 0.1) is 0 Å². The lowest BCUT2D eigenvalue weighted by molar-refractivity contribution is 0.0734. The quantitative estimate of drug-likeness (QED) is 0.617. The molecule has 86 valence electrons. The summed E-state index contributed by atoms with van der Waals surface area (Å²) in [5.41, 5.74) is 0.408. The van der Waals surface area contributed by atoms with Gasteiger partial charge < -0.3 is 4.74 Å². The fourth-order valence-electron chi connectivity index (χ4n) is 1.20. The number of ether oxygens (including phenoxy) is 1. The van der Waals surface area contributed by atoms with Crippen LogP contribution in [0.2, 0.25) is 10.0 Å². The molecule has 0 radical (unpaired) electrons. The van der Waals surface area contributed by atoms with Gasteiger partial charge in [0.15, 0.2) is 0 Å². The maximum atomic E-state index is 11.7. The number of pyridine rings is 1. The van der Waals surface area contributed by atoms with Gasteiger partial charge in [-0.2, -0.15) is 0 Å². The molecule has 0 spiro atoms. The zero-order valence-corrected chi connectivity index (χ0v) is 10.1. The summed E-state index contributed by atoms with van der Waals surface area (Å²) in [5.74, 6) is -0.213. The molecule has 17 heavy (non-hydrogen) atoms. The summed E-state index contributed by atoms with van der Waals surface area (Å²) >= 11 is 11.6. The van der Waals surface area contributed by atoms with Crippen LogP contribution in [0.4, 0.5) is 0 Å². The largest absolute Gasteiger partial charge is 0.421 e. The average Bonchev–Trinajstić information content (AvgIpc) is 2.34. The van der Waals surface area contributed by atoms with E-state index in [1.54, 1.807) is 24.3 Å². The molecule has 0 unspecified atom stereocenters. The molecule has 2 aromatic rings. The molecule has 0 aliphatic carbocycles. The number of rotatable bonds is 2. The monoisotopic (exact) mass is 267 g/mol. The van der Waals surface area contributed by atoms with Gasteiger partial charge in [-0.15, -0.1) is 0 Å². The van der Waals surface area contributed by atoms with Crippen molar-refractivity contribution in [2.75, 3.05) is 0 Å². The number of halogens is 2. The number of nitrogens with zero attached hydrogens (tertiary/aromatic N) is 1. The fraction of sp³-hybridized carbons (Fsp3) is 0. The minimum atomic E-state index is -0.489. The van der Waals surface area contributed by atoms with Gasteiger partial charge in [-0.1, -0.05) is 23.2 Å². The lowest BCUT2D eigenvalue weighted by Crippen LogP contribution is -2.08. The zero-order chi connectivity index (χ0) is 12.3. The first-order chi connectivity index (χ1) is 8.16. The van der Waals surface area contributed by atoms with E-state index in [1.165, 1.54) is 18.5 Å². The third kappa shape index (κ3) is 2.96. The Kier molecular flexibility index (Phi) is 3.61. The SMILES string of the molecule is O=C(Oc1ccc(Cl)cc1Cl)c1ccncc1. The maximum Gasteiger partial charge on any atom is 0.343 e. The van der Waals surface area contributed by atoms with Crippen LogP contribution in [0.1, 0.15) is 10.4 Å². The fourth-order valence-corrected chi connectivity index (χ4v) is 1.65. The molecule has 0 N–H and O–H groups in total. The molecule has 0 fully saturated rings. The van der Waals surface area contributed by atoms with E-state index in [0.717, 1.165) is 0 Å². The Hall–Kier alpha value is -1.58. The van der Waals surface area contributed by atoms with E-state index in [9.17, 15) is 4.79 Å². The molecule has 0 amide bonds. The highest BCUT2D eigenvalue weighted by atomic mass is 35.5. The zero-order valence-electron chi connectivity index (χ0n) is 8.56. The van der Waals surface area contributed by atoms with Gasteiger partial charge in [0.25, 0.3) is 0 Å². The second-order valence-electron chi connectivity index (χ2n) is 3.20. The van der Waals surface area contributed by atoms with Gasteiger partial charge in [0, 0.05) is 17.4 Å². The van der Waals surface area contributed by atoms with Crippen molar-refractivity contribution in [3.05, 3.63) is 58.3 Å². The summed E-state index contributed by atoms with van der Waals surface area (Å²) in [4.78, 5) is 15.5. The molecule has 0 saturated heterocycles. The predicted molar refractivity (Wildman–Crippen MR) is 65.7 cm³/mol. The van der Waals surface area contributed by atoms with Crippen LogP contribution < -0.4 is 4.74 Å². The average molecular weight is 268 g/mol. The standard InChI is InChI=1S/C12H7Cl2NO2/c13-9-1-2-11(10(14)7-9)17-12(16)8-3-5-15-6-4-8/h1-7H. The van der Waals surface area contributed by atoms with E-state index >= 15 is 0 Å². The van der Waals surface area contributed by atoms with Gasteiger partial charge in [-0.3, -0.25) is 4.98 Å². The summed E-state index contributed by atoms with van der Waals surface area (Å²) in [6, 6.07) is 7.78. The number of hydrogen-bond donors (Lipinski definition) is 0. The van der Waals surface area contributed by atoms with Crippen molar-refractivity contribution >= 4 is 29.2 Å². The van der Waals surface area contributed by atoms with Crippen molar-refractivity contribution in [2.45, 2.75) is 0 Å². The molecule has 0 aliphatic heterocycles. The van der Waals surface area contributed by atoms with Gasteiger partial charge in [0.05, 0.1) is 10.6 Å². The first-order valence-corrected chi connectivity index (χ1v) is 5.49. The number of benzene rings is 1. The molecule has 0 bridgehead atoms. The van der Waals surface area contributed by atoms with Crippen LogP contribution in [0.25, 0.3) is 0 Å². The minimum absolute atomic E-state index is 0.276. The van der Waals surface area contributed by atoms with Crippen LogP contribution in [0.15, 0.2) is 42.7 Å². The summed E-state index contributed by atoms with van der Waals surface area (Å²) in [5, 5.41) is 0.776. The van der Waals surface area contributed by atoms with Crippen LogP contribution in [0.3, 0.4) is 0 Å². The predicted octanol–water partition coefficient (Wildman–Crippen LogP) is 3.61. The number of carbonyl (C=O) groups excluding carboxylic acids is 1. The summed E-state index contributed by atoms with van der Waals surface area (Å²) in [6.07, 6.45) is 3.03. The molecular weight excluding hydrogens is 261 g/mol. The lowest BCUT2D eigenvalue weighted by atomic mass is 10.3. The van der Waals surface area contributed by atoms with E-state index in [4.69, 9.17) is 27.9 Å². The highest BCUT2D eigenvalue weighted by Gasteiger charge is 2.10. The highest BCUT2D eigenvalue weighted by Crippen LogP contribution is 2.28. The van der Waals surface area contributed by atoms with Crippen molar-refractivity contribution in [1.82, 2.24) is 4.98 Å². The van der Waals surface area contributed by atoms with E-state index in [1.807, 2.05) is 0 Å². The highest BCUT2D eigenvalue weighted by molar-refractivity contribution is 6.35. The second-order valence-corrected chi connectivity index (χ2v) is 4.04. The number of aromatic nitrogens is 1. The molecule has 5 heteroatoms. The molecule has 0 saturated carbocycles. The lowest BCUT2D eigenvalue weighted by Gasteiger charge is -2.05. The number of esters is 1.